The number of aliphatic imine (C=N–C) groups is 1. The van der Waals surface area contributed by atoms with E-state index in [1.807, 2.05) is 12.1 Å². The van der Waals surface area contributed by atoms with Crippen LogP contribution < -0.4 is 10.6 Å². The number of hydrogen-bond donors (Lipinski definition) is 2. The Hall–Kier alpha value is -0.300. The molecule has 1 aromatic rings. The number of guanidine groups is 1. The van der Waals surface area contributed by atoms with Crippen LogP contribution in [0.1, 0.15) is 32.3 Å². The third kappa shape index (κ3) is 8.47. The molecule has 0 aromatic heterocycles. The largest absolute Gasteiger partial charge is 0.357 e. The zero-order valence-electron chi connectivity index (χ0n) is 11.6. The van der Waals surface area contributed by atoms with Crippen molar-refractivity contribution in [1.29, 1.82) is 0 Å². The number of nitrogens with one attached hydrogen (secondary N) is 2. The topological polar surface area (TPSA) is 36.4 Å². The number of unbranched alkanes of at least 4 members (excludes halogenated alkanes) is 1. The van der Waals surface area contributed by atoms with Gasteiger partial charge in [-0.1, -0.05) is 41.4 Å². The zero-order chi connectivity index (χ0) is 13.2. The van der Waals surface area contributed by atoms with Gasteiger partial charge >= 0.3 is 0 Å². The van der Waals surface area contributed by atoms with E-state index in [4.69, 9.17) is 0 Å². The number of halogens is 2. The predicted octanol–water partition coefficient (Wildman–Crippen LogP) is 3.92. The molecule has 0 atom stereocenters. The molecule has 2 N–H and O–H groups in total. The Labute approximate surface area is 141 Å². The average molecular weight is 440 g/mol. The van der Waals surface area contributed by atoms with Gasteiger partial charge in [0, 0.05) is 17.6 Å². The summed E-state index contributed by atoms with van der Waals surface area (Å²) >= 11 is 3.47. The molecule has 5 heteroatoms. The molecule has 0 heterocycles. The summed E-state index contributed by atoms with van der Waals surface area (Å²) in [5.41, 5.74) is 1.21. The molecule has 1 rings (SSSR count). The molecule has 0 aliphatic heterocycles. The van der Waals surface area contributed by atoms with Crippen LogP contribution in [-0.4, -0.2) is 19.0 Å². The van der Waals surface area contributed by atoms with Crippen LogP contribution in [0, 0.1) is 0 Å². The maximum absolute atomic E-state index is 4.57. The van der Waals surface area contributed by atoms with Gasteiger partial charge in [-0.05, 0) is 31.0 Å². The van der Waals surface area contributed by atoms with Gasteiger partial charge in [-0.3, -0.25) is 0 Å². The molecule has 0 amide bonds. The summed E-state index contributed by atoms with van der Waals surface area (Å²) in [6.45, 7) is 6.82. The van der Waals surface area contributed by atoms with E-state index in [1.165, 1.54) is 18.4 Å². The van der Waals surface area contributed by atoms with Crippen LogP contribution in [0.3, 0.4) is 0 Å². The van der Waals surface area contributed by atoms with Crippen molar-refractivity contribution >= 4 is 45.9 Å². The van der Waals surface area contributed by atoms with Crippen LogP contribution in [0.15, 0.2) is 33.7 Å². The molecule has 0 aliphatic carbocycles. The fourth-order valence-electron chi connectivity index (χ4n) is 1.53. The van der Waals surface area contributed by atoms with Crippen LogP contribution in [-0.2, 0) is 6.54 Å². The van der Waals surface area contributed by atoms with E-state index in [2.05, 4.69) is 57.5 Å². The Kier molecular flexibility index (Phi) is 11.3. The summed E-state index contributed by atoms with van der Waals surface area (Å²) in [5.74, 6) is 0.894. The van der Waals surface area contributed by atoms with Gasteiger partial charge < -0.3 is 10.6 Å². The van der Waals surface area contributed by atoms with Crippen molar-refractivity contribution in [2.75, 3.05) is 13.1 Å². The highest BCUT2D eigenvalue weighted by atomic mass is 127. The number of hydrogen-bond acceptors (Lipinski definition) is 1. The van der Waals surface area contributed by atoms with Crippen molar-refractivity contribution < 1.29 is 0 Å². The summed E-state index contributed by atoms with van der Waals surface area (Å²) in [7, 11) is 0. The van der Waals surface area contributed by atoms with Gasteiger partial charge in [0.2, 0.25) is 0 Å². The second kappa shape index (κ2) is 11.5. The number of benzene rings is 1. The lowest BCUT2D eigenvalue weighted by atomic mass is 10.2. The SMILES string of the molecule is CCCCNC(=NCc1cccc(Br)c1)NCC.I. The molecule has 19 heavy (non-hydrogen) atoms. The van der Waals surface area contributed by atoms with E-state index in [0.717, 1.165) is 23.5 Å². The van der Waals surface area contributed by atoms with Gasteiger partial charge in [-0.15, -0.1) is 24.0 Å². The first-order chi connectivity index (χ1) is 8.76. The molecular formula is C14H23BrIN3. The first-order valence-corrected chi connectivity index (χ1v) is 7.32. The Morgan fingerprint density at radius 1 is 1.26 bits per heavy atom. The smallest absolute Gasteiger partial charge is 0.191 e. The van der Waals surface area contributed by atoms with E-state index in [1.54, 1.807) is 0 Å². The fourth-order valence-corrected chi connectivity index (χ4v) is 1.98. The molecule has 0 saturated heterocycles. The lowest BCUT2D eigenvalue weighted by Crippen LogP contribution is -2.37. The Morgan fingerprint density at radius 2 is 2.05 bits per heavy atom. The molecular weight excluding hydrogens is 417 g/mol. The van der Waals surface area contributed by atoms with E-state index >= 15 is 0 Å². The van der Waals surface area contributed by atoms with Gasteiger partial charge in [0.05, 0.1) is 6.54 Å². The van der Waals surface area contributed by atoms with Gasteiger partial charge in [0.25, 0.3) is 0 Å². The summed E-state index contributed by atoms with van der Waals surface area (Å²) in [4.78, 5) is 4.57. The summed E-state index contributed by atoms with van der Waals surface area (Å²) in [5, 5.41) is 6.59. The minimum Gasteiger partial charge on any atom is -0.357 e. The second-order valence-electron chi connectivity index (χ2n) is 4.11. The third-order valence-electron chi connectivity index (χ3n) is 2.48. The Morgan fingerprint density at radius 3 is 2.68 bits per heavy atom. The van der Waals surface area contributed by atoms with Gasteiger partial charge in [0.15, 0.2) is 5.96 Å². The van der Waals surface area contributed by atoms with Crippen LogP contribution in [0.5, 0.6) is 0 Å². The molecule has 0 spiro atoms. The summed E-state index contributed by atoms with van der Waals surface area (Å²) in [6.07, 6.45) is 2.36. The van der Waals surface area contributed by atoms with E-state index < -0.39 is 0 Å². The standard InChI is InChI=1S/C14H22BrN3.HI/c1-3-5-9-17-14(16-4-2)18-11-12-7-6-8-13(15)10-12;/h6-8,10H,3-5,9,11H2,1-2H3,(H2,16,17,18);1H. The summed E-state index contributed by atoms with van der Waals surface area (Å²) in [6, 6.07) is 8.24. The number of nitrogens with zero attached hydrogens (tertiary/aromatic N) is 1. The Bertz CT molecular complexity index is 383. The molecule has 0 unspecified atom stereocenters. The molecule has 0 fully saturated rings. The van der Waals surface area contributed by atoms with E-state index in [-0.39, 0.29) is 24.0 Å². The van der Waals surface area contributed by atoms with Crippen LogP contribution >= 0.6 is 39.9 Å². The van der Waals surface area contributed by atoms with Crippen molar-refractivity contribution in [3.05, 3.63) is 34.3 Å². The zero-order valence-corrected chi connectivity index (χ0v) is 15.5. The minimum atomic E-state index is 0. The monoisotopic (exact) mass is 439 g/mol. The molecule has 0 radical (unpaired) electrons. The highest BCUT2D eigenvalue weighted by molar-refractivity contribution is 14.0. The predicted molar refractivity (Wildman–Crippen MR) is 97.3 cm³/mol. The van der Waals surface area contributed by atoms with Crippen molar-refractivity contribution in [1.82, 2.24) is 10.6 Å². The van der Waals surface area contributed by atoms with Crippen molar-refractivity contribution in [3.8, 4) is 0 Å². The molecule has 0 saturated carbocycles. The average Bonchev–Trinajstić information content (AvgIpc) is 2.36. The minimum absolute atomic E-state index is 0. The first kappa shape index (κ1) is 18.7. The van der Waals surface area contributed by atoms with Crippen LogP contribution in [0.25, 0.3) is 0 Å². The van der Waals surface area contributed by atoms with Gasteiger partial charge in [-0.2, -0.15) is 0 Å². The molecule has 108 valence electrons. The van der Waals surface area contributed by atoms with Gasteiger partial charge in [-0.25, -0.2) is 4.99 Å². The third-order valence-corrected chi connectivity index (χ3v) is 2.97. The van der Waals surface area contributed by atoms with Crippen molar-refractivity contribution in [3.63, 3.8) is 0 Å². The van der Waals surface area contributed by atoms with Gasteiger partial charge in [0.1, 0.15) is 0 Å². The number of rotatable bonds is 6. The maximum Gasteiger partial charge on any atom is 0.191 e. The van der Waals surface area contributed by atoms with Crippen molar-refractivity contribution in [2.24, 2.45) is 4.99 Å². The molecule has 0 bridgehead atoms. The van der Waals surface area contributed by atoms with E-state index in [9.17, 15) is 0 Å². The first-order valence-electron chi connectivity index (χ1n) is 6.53. The molecule has 1 aromatic carbocycles. The Balaban J connectivity index is 0.00000324. The lowest BCUT2D eigenvalue weighted by Gasteiger charge is -2.10. The van der Waals surface area contributed by atoms with Crippen LogP contribution in [0.2, 0.25) is 0 Å². The van der Waals surface area contributed by atoms with E-state index in [0.29, 0.717) is 6.54 Å². The normalized spacial score (nSPS) is 10.8. The fraction of sp³-hybridized carbons (Fsp3) is 0.500. The van der Waals surface area contributed by atoms with Crippen molar-refractivity contribution in [2.45, 2.75) is 33.2 Å². The van der Waals surface area contributed by atoms with Crippen LogP contribution in [0.4, 0.5) is 0 Å². The highest BCUT2D eigenvalue weighted by Gasteiger charge is 1.97. The molecule has 0 aliphatic rings. The maximum atomic E-state index is 4.57. The molecule has 3 nitrogen and oxygen atoms in total. The second-order valence-corrected chi connectivity index (χ2v) is 5.02. The summed E-state index contributed by atoms with van der Waals surface area (Å²) < 4.78 is 1.10. The quantitative estimate of drug-likeness (QED) is 0.305. The highest BCUT2D eigenvalue weighted by Crippen LogP contribution is 2.12. The lowest BCUT2D eigenvalue weighted by molar-refractivity contribution is 0.730.